The first-order valence-corrected chi connectivity index (χ1v) is 10.4. The third-order valence-corrected chi connectivity index (χ3v) is 4.67. The van der Waals surface area contributed by atoms with Crippen molar-refractivity contribution in [2.45, 2.75) is 16.2 Å². The molecule has 0 aliphatic rings. The number of ether oxygens (including phenoxy) is 1. The smallest absolute Gasteiger partial charge is 0.425 e. The van der Waals surface area contributed by atoms with E-state index in [9.17, 15) is 26.4 Å². The predicted octanol–water partition coefficient (Wildman–Crippen LogP) is 3.86. The minimum atomic E-state index is -4.42. The van der Waals surface area contributed by atoms with Crippen LogP contribution in [0.15, 0.2) is 53.4 Å². The third kappa shape index (κ3) is 8.35. The summed E-state index contributed by atoms with van der Waals surface area (Å²) >= 11 is -0.292. The summed E-state index contributed by atoms with van der Waals surface area (Å²) in [5, 5.41) is 2.80. The molecule has 0 aliphatic carbocycles. The molecule has 10 heteroatoms. The highest BCUT2D eigenvalue weighted by atomic mass is 32.2. The van der Waals surface area contributed by atoms with E-state index < -0.39 is 21.3 Å². The normalized spacial score (nSPS) is 11.9. The van der Waals surface area contributed by atoms with Gasteiger partial charge in [0.15, 0.2) is 9.84 Å². The van der Waals surface area contributed by atoms with Crippen molar-refractivity contribution in [1.29, 1.82) is 0 Å². The Labute approximate surface area is 158 Å². The number of hydrogen-bond acceptors (Lipinski definition) is 6. The van der Waals surface area contributed by atoms with Crippen LogP contribution in [-0.2, 0) is 20.4 Å². The molecule has 2 aromatic rings. The Morgan fingerprint density at radius 1 is 1.15 bits per heavy atom. The Morgan fingerprint density at radius 2 is 1.81 bits per heavy atom. The van der Waals surface area contributed by atoms with Gasteiger partial charge >= 0.3 is 11.5 Å². The largest absolute Gasteiger partial charge is 0.446 e. The minimum Gasteiger partial charge on any atom is -0.425 e. The number of nitrogens with one attached hydrogen (secondary N) is 1. The molecule has 0 saturated carbocycles. The molecule has 0 heterocycles. The zero-order valence-corrected chi connectivity index (χ0v) is 15.7. The summed E-state index contributed by atoms with van der Waals surface area (Å²) in [4.78, 5) is 11.8. The van der Waals surface area contributed by atoms with Crippen molar-refractivity contribution in [1.82, 2.24) is 0 Å². The van der Waals surface area contributed by atoms with Gasteiger partial charge in [-0.05, 0) is 47.7 Å². The number of thioether (sulfide) groups is 1. The number of rotatable bonds is 7. The number of benzene rings is 2. The van der Waals surface area contributed by atoms with E-state index in [0.717, 1.165) is 12.3 Å². The molecule has 0 amide bonds. The maximum atomic E-state index is 12.4. The average molecular weight is 419 g/mol. The topological polar surface area (TPSA) is 72.5 Å². The van der Waals surface area contributed by atoms with Crippen LogP contribution < -0.4 is 10.1 Å². The van der Waals surface area contributed by atoms with Gasteiger partial charge in [0.2, 0.25) is 0 Å². The van der Waals surface area contributed by atoms with Crippen molar-refractivity contribution in [3.63, 3.8) is 0 Å². The molecule has 0 atom stereocenters. The molecule has 0 unspecified atom stereocenters. The Kier molecular flexibility index (Phi) is 6.77. The van der Waals surface area contributed by atoms with E-state index in [1.165, 1.54) is 18.2 Å². The number of carbonyl (C=O) groups is 1. The van der Waals surface area contributed by atoms with Gasteiger partial charge in [0, 0.05) is 16.8 Å². The Bertz CT molecular complexity index is 897. The quantitative estimate of drug-likeness (QED) is 0.417. The molecule has 146 valence electrons. The molecule has 0 aliphatic heterocycles. The monoisotopic (exact) mass is 419 g/mol. The van der Waals surface area contributed by atoms with Crippen LogP contribution in [0.5, 0.6) is 5.75 Å². The second-order valence-electron chi connectivity index (χ2n) is 5.62. The maximum absolute atomic E-state index is 12.4. The fraction of sp³-hybridized carbons (Fsp3) is 0.235. The van der Waals surface area contributed by atoms with Gasteiger partial charge in [-0.1, -0.05) is 18.2 Å². The van der Waals surface area contributed by atoms with E-state index in [0.29, 0.717) is 11.3 Å². The van der Waals surface area contributed by atoms with Crippen LogP contribution in [-0.4, -0.2) is 32.7 Å². The maximum Gasteiger partial charge on any atom is 0.446 e. The number of anilines is 1. The van der Waals surface area contributed by atoms with Crippen LogP contribution in [0.4, 0.5) is 18.9 Å². The molecule has 5 nitrogen and oxygen atoms in total. The number of alkyl halides is 3. The van der Waals surface area contributed by atoms with E-state index in [-0.39, 0.29) is 34.7 Å². The number of carbonyl (C=O) groups excluding carboxylic acids is 1. The zero-order chi connectivity index (χ0) is 20.1. The molecule has 0 saturated heterocycles. The second-order valence-corrected chi connectivity index (χ2v) is 8.90. The van der Waals surface area contributed by atoms with Gasteiger partial charge in [0.25, 0.3) is 0 Å². The Morgan fingerprint density at radius 3 is 2.41 bits per heavy atom. The summed E-state index contributed by atoms with van der Waals surface area (Å²) in [5.41, 5.74) is -3.23. The van der Waals surface area contributed by atoms with Crippen LogP contribution in [0.25, 0.3) is 0 Å². The van der Waals surface area contributed by atoms with Crippen molar-refractivity contribution in [3.8, 4) is 5.75 Å². The summed E-state index contributed by atoms with van der Waals surface area (Å²) in [7, 11) is -3.13. The number of esters is 1. The number of halogens is 3. The van der Waals surface area contributed by atoms with E-state index in [4.69, 9.17) is 4.74 Å². The molecular weight excluding hydrogens is 403 g/mol. The second kappa shape index (κ2) is 8.66. The fourth-order valence-electron chi connectivity index (χ4n) is 2.10. The van der Waals surface area contributed by atoms with Gasteiger partial charge in [0.1, 0.15) is 12.3 Å². The van der Waals surface area contributed by atoms with E-state index >= 15 is 0 Å². The molecule has 0 aromatic heterocycles. The highest BCUT2D eigenvalue weighted by Crippen LogP contribution is 2.37. The summed E-state index contributed by atoms with van der Waals surface area (Å²) < 4.78 is 64.6. The zero-order valence-electron chi connectivity index (χ0n) is 14.1. The van der Waals surface area contributed by atoms with Crippen molar-refractivity contribution in [3.05, 3.63) is 54.1 Å². The van der Waals surface area contributed by atoms with Gasteiger partial charge in [-0.25, -0.2) is 13.2 Å². The van der Waals surface area contributed by atoms with Crippen LogP contribution in [0.1, 0.15) is 5.56 Å². The molecule has 2 rings (SSSR count). The lowest BCUT2D eigenvalue weighted by Gasteiger charge is -2.09. The van der Waals surface area contributed by atoms with Crippen molar-refractivity contribution < 1.29 is 31.1 Å². The molecule has 0 bridgehead atoms. The summed E-state index contributed by atoms with van der Waals surface area (Å²) in [5.74, 6) is -0.745. The van der Waals surface area contributed by atoms with Gasteiger partial charge < -0.3 is 10.1 Å². The molecule has 0 radical (unpaired) electrons. The average Bonchev–Trinajstić information content (AvgIpc) is 2.51. The standard InChI is InChI=1S/C17H16F3NO4S2/c1-27(23,24)11-12-5-7-13(8-6-12)21-10-16(22)25-14-3-2-4-15(9-14)26-17(18,19)20/h2-9,21H,10-11H2,1H3. The van der Waals surface area contributed by atoms with Crippen molar-refractivity contribution >= 4 is 33.3 Å². The Hall–Kier alpha value is -2.20. The lowest BCUT2D eigenvalue weighted by Crippen LogP contribution is -2.19. The lowest BCUT2D eigenvalue weighted by atomic mass is 10.2. The highest BCUT2D eigenvalue weighted by molar-refractivity contribution is 8.00. The van der Waals surface area contributed by atoms with Gasteiger partial charge in [-0.3, -0.25) is 0 Å². The molecule has 0 fully saturated rings. The summed E-state index contributed by atoms with van der Waals surface area (Å²) in [6.07, 6.45) is 1.14. The first-order chi connectivity index (χ1) is 12.5. The van der Waals surface area contributed by atoms with Crippen LogP contribution in [0.2, 0.25) is 0 Å². The van der Waals surface area contributed by atoms with Crippen molar-refractivity contribution in [2.75, 3.05) is 18.1 Å². The minimum absolute atomic E-state index is 0.0135. The third-order valence-electron chi connectivity index (χ3n) is 3.09. The van der Waals surface area contributed by atoms with E-state index in [2.05, 4.69) is 5.32 Å². The number of sulfone groups is 1. The first-order valence-electron chi connectivity index (χ1n) is 7.57. The van der Waals surface area contributed by atoms with Crippen molar-refractivity contribution in [2.24, 2.45) is 0 Å². The molecule has 2 aromatic carbocycles. The predicted molar refractivity (Wildman–Crippen MR) is 97.5 cm³/mol. The lowest BCUT2D eigenvalue weighted by molar-refractivity contribution is -0.132. The molecule has 0 spiro atoms. The molecule has 27 heavy (non-hydrogen) atoms. The van der Waals surface area contributed by atoms with E-state index in [1.54, 1.807) is 24.3 Å². The van der Waals surface area contributed by atoms with Crippen LogP contribution in [0.3, 0.4) is 0 Å². The van der Waals surface area contributed by atoms with Gasteiger partial charge in [-0.15, -0.1) is 0 Å². The number of hydrogen-bond donors (Lipinski definition) is 1. The van der Waals surface area contributed by atoms with E-state index in [1.807, 2.05) is 0 Å². The summed E-state index contributed by atoms with van der Waals surface area (Å²) in [6, 6.07) is 11.6. The fourth-order valence-corrected chi connectivity index (χ4v) is 3.49. The van der Waals surface area contributed by atoms with Crippen LogP contribution >= 0.6 is 11.8 Å². The first kappa shape index (κ1) is 21.1. The Balaban J connectivity index is 1.88. The molecule has 1 N–H and O–H groups in total. The van der Waals surface area contributed by atoms with Crippen LogP contribution in [0, 0.1) is 0 Å². The SMILES string of the molecule is CS(=O)(=O)Cc1ccc(NCC(=O)Oc2cccc(SC(F)(F)F)c2)cc1. The highest BCUT2D eigenvalue weighted by Gasteiger charge is 2.29. The van der Waals surface area contributed by atoms with Gasteiger partial charge in [0.05, 0.1) is 5.75 Å². The van der Waals surface area contributed by atoms with Gasteiger partial charge in [-0.2, -0.15) is 13.2 Å². The molecular formula is C17H16F3NO4S2. The summed E-state index contributed by atoms with van der Waals surface area (Å²) in [6.45, 7) is -0.206.